The summed E-state index contributed by atoms with van der Waals surface area (Å²) in [5.41, 5.74) is 10.4. The molecule has 0 saturated carbocycles. The Balaban J connectivity index is 1.38. The number of hydrogen-bond donors (Lipinski definition) is 0. The van der Waals surface area contributed by atoms with Gasteiger partial charge in [0.1, 0.15) is 0 Å². The molecule has 0 amide bonds. The van der Waals surface area contributed by atoms with Gasteiger partial charge >= 0.3 is 0 Å². The van der Waals surface area contributed by atoms with Gasteiger partial charge in [-0.15, -0.1) is 0 Å². The third kappa shape index (κ3) is 4.21. The van der Waals surface area contributed by atoms with Crippen molar-refractivity contribution in [2.24, 2.45) is 0 Å². The molecule has 0 N–H and O–H groups in total. The fourth-order valence-electron chi connectivity index (χ4n) is 9.26. The van der Waals surface area contributed by atoms with E-state index in [1.807, 2.05) is 12.4 Å². The molecule has 0 spiro atoms. The fraction of sp³-hybridized carbons (Fsp3) is 0. The quantitative estimate of drug-likeness (QED) is 0.193. The van der Waals surface area contributed by atoms with Crippen molar-refractivity contribution in [2.75, 3.05) is 9.80 Å². The molecule has 0 bridgehead atoms. The Morgan fingerprint density at radius 2 is 1.04 bits per heavy atom. The molecule has 0 unspecified atom stereocenters. The highest BCUT2D eigenvalue weighted by atomic mass is 28.3. The molecular weight excluding hydrogens is 661 g/mol. The SMILES string of the molecule is c1ccc(N2c3ccccc3Oc3c2cc2c4c3N(c3ccncc3)c3ccccc3B4c3ccccc3[Si]2(c2ccccc2)c2ccccc2)cc1. The van der Waals surface area contributed by atoms with Crippen LogP contribution in [0.15, 0.2) is 194 Å². The standard InChI is InChI=1S/C47H32BN3OSi/c1-4-16-33(17-5-1)50-40-25-13-14-26-42(40)52-47-41(50)32-44-45-46(47)51(34-28-30-49-31-29-34)39-24-12-10-22-37(39)48(45)38-23-11-15-27-43(38)53(44,35-18-6-2-7-19-35)36-20-8-3-9-21-36/h1-32H. The van der Waals surface area contributed by atoms with E-state index in [2.05, 4.69) is 197 Å². The van der Waals surface area contributed by atoms with Gasteiger partial charge < -0.3 is 14.5 Å². The number of anilines is 6. The number of rotatable bonds is 4. The van der Waals surface area contributed by atoms with Crippen LogP contribution in [-0.2, 0) is 0 Å². The minimum Gasteiger partial charge on any atom is -0.451 e. The molecule has 0 aliphatic carbocycles. The van der Waals surface area contributed by atoms with Crippen molar-refractivity contribution in [1.82, 2.24) is 4.98 Å². The third-order valence-corrected chi connectivity index (χ3v) is 16.1. The minimum atomic E-state index is -2.99. The number of nitrogens with zero attached hydrogens (tertiary/aromatic N) is 3. The first-order valence-electron chi connectivity index (χ1n) is 18.2. The van der Waals surface area contributed by atoms with Gasteiger partial charge in [-0.2, -0.15) is 0 Å². The van der Waals surface area contributed by atoms with E-state index < -0.39 is 8.07 Å². The van der Waals surface area contributed by atoms with Crippen molar-refractivity contribution in [3.05, 3.63) is 194 Å². The summed E-state index contributed by atoms with van der Waals surface area (Å²) in [5.74, 6) is 1.68. The lowest BCUT2D eigenvalue weighted by atomic mass is 9.34. The van der Waals surface area contributed by atoms with Crippen LogP contribution in [-0.4, -0.2) is 19.8 Å². The van der Waals surface area contributed by atoms with E-state index in [4.69, 9.17) is 4.74 Å². The van der Waals surface area contributed by atoms with Gasteiger partial charge in [0.2, 0.25) is 6.71 Å². The molecule has 0 atom stereocenters. The van der Waals surface area contributed by atoms with Crippen LogP contribution < -0.4 is 51.7 Å². The van der Waals surface area contributed by atoms with E-state index in [9.17, 15) is 0 Å². The van der Waals surface area contributed by atoms with Crippen LogP contribution in [0.5, 0.6) is 11.5 Å². The predicted octanol–water partition coefficient (Wildman–Crippen LogP) is 6.65. The van der Waals surface area contributed by atoms with Gasteiger partial charge in [-0.25, -0.2) is 0 Å². The summed E-state index contributed by atoms with van der Waals surface area (Å²) in [5, 5.41) is 5.52. The Bertz CT molecular complexity index is 2630. The average Bonchev–Trinajstić information content (AvgIpc) is 3.24. The maximum Gasteiger partial charge on any atom is 0.246 e. The molecule has 4 nitrogen and oxygen atoms in total. The number of para-hydroxylation sites is 4. The number of benzene rings is 7. The van der Waals surface area contributed by atoms with Crippen LogP contribution in [0.3, 0.4) is 0 Å². The highest BCUT2D eigenvalue weighted by Gasteiger charge is 2.54. The van der Waals surface area contributed by atoms with Crippen molar-refractivity contribution in [3.63, 3.8) is 0 Å². The number of pyridine rings is 1. The molecule has 11 rings (SSSR count). The second-order valence-corrected chi connectivity index (χ2v) is 17.6. The molecule has 1 aromatic heterocycles. The highest BCUT2D eigenvalue weighted by molar-refractivity contribution is 7.26. The average molecular weight is 694 g/mol. The van der Waals surface area contributed by atoms with E-state index >= 15 is 0 Å². The largest absolute Gasteiger partial charge is 0.451 e. The Morgan fingerprint density at radius 3 is 1.75 bits per heavy atom. The molecule has 248 valence electrons. The molecule has 0 radical (unpaired) electrons. The van der Waals surface area contributed by atoms with E-state index in [1.165, 1.54) is 37.1 Å². The van der Waals surface area contributed by atoms with Crippen molar-refractivity contribution >= 4 is 86.0 Å². The number of ether oxygens (including phenoxy) is 1. The molecule has 53 heavy (non-hydrogen) atoms. The van der Waals surface area contributed by atoms with Crippen LogP contribution in [0.4, 0.5) is 34.1 Å². The second-order valence-electron chi connectivity index (χ2n) is 13.9. The lowest BCUT2D eigenvalue weighted by Crippen LogP contribution is -2.87. The minimum absolute atomic E-state index is 0.00483. The van der Waals surface area contributed by atoms with Crippen molar-refractivity contribution in [3.8, 4) is 11.5 Å². The van der Waals surface area contributed by atoms with Gasteiger partial charge in [0.15, 0.2) is 19.6 Å². The Morgan fingerprint density at radius 1 is 0.472 bits per heavy atom. The van der Waals surface area contributed by atoms with Gasteiger partial charge in [0.25, 0.3) is 0 Å². The summed E-state index contributed by atoms with van der Waals surface area (Å²) < 4.78 is 7.25. The topological polar surface area (TPSA) is 28.6 Å². The van der Waals surface area contributed by atoms with E-state index in [0.717, 1.165) is 45.6 Å². The second kappa shape index (κ2) is 11.7. The molecule has 8 aromatic rings. The molecule has 6 heteroatoms. The van der Waals surface area contributed by atoms with E-state index in [-0.39, 0.29) is 6.71 Å². The zero-order valence-corrected chi connectivity index (χ0v) is 29.8. The summed E-state index contributed by atoms with van der Waals surface area (Å²) in [4.78, 5) is 9.29. The van der Waals surface area contributed by atoms with Crippen LogP contribution in [0.25, 0.3) is 0 Å². The van der Waals surface area contributed by atoms with E-state index in [1.54, 1.807) is 0 Å². The summed E-state index contributed by atoms with van der Waals surface area (Å²) in [6.07, 6.45) is 3.78. The number of fused-ring (bicyclic) bond motifs is 7. The summed E-state index contributed by atoms with van der Waals surface area (Å²) >= 11 is 0. The van der Waals surface area contributed by atoms with Crippen LogP contribution >= 0.6 is 0 Å². The smallest absolute Gasteiger partial charge is 0.246 e. The van der Waals surface area contributed by atoms with Gasteiger partial charge in [-0.05, 0) is 80.2 Å². The first kappa shape index (κ1) is 30.0. The Labute approximate surface area is 310 Å². The molecule has 3 aliphatic heterocycles. The Kier molecular flexibility index (Phi) is 6.63. The number of hydrogen-bond acceptors (Lipinski definition) is 4. The van der Waals surface area contributed by atoms with Gasteiger partial charge in [-0.3, -0.25) is 4.98 Å². The zero-order valence-electron chi connectivity index (χ0n) is 28.8. The number of aromatic nitrogens is 1. The molecule has 0 saturated heterocycles. The first-order chi connectivity index (χ1) is 26.3. The molecule has 7 aromatic carbocycles. The maximum atomic E-state index is 7.25. The monoisotopic (exact) mass is 693 g/mol. The highest BCUT2D eigenvalue weighted by Crippen LogP contribution is 2.55. The van der Waals surface area contributed by atoms with Crippen LogP contribution in [0.2, 0.25) is 0 Å². The van der Waals surface area contributed by atoms with Gasteiger partial charge in [-0.1, -0.05) is 139 Å². The van der Waals surface area contributed by atoms with Gasteiger partial charge in [0.05, 0.1) is 17.1 Å². The summed E-state index contributed by atoms with van der Waals surface area (Å²) in [7, 11) is -2.99. The van der Waals surface area contributed by atoms with Crippen molar-refractivity contribution in [1.29, 1.82) is 0 Å². The predicted molar refractivity (Wildman–Crippen MR) is 222 cm³/mol. The lowest BCUT2D eigenvalue weighted by molar-refractivity contribution is 0.478. The van der Waals surface area contributed by atoms with Crippen molar-refractivity contribution in [2.45, 2.75) is 0 Å². The summed E-state index contributed by atoms with van der Waals surface area (Å²) in [6, 6.07) is 66.6. The summed E-state index contributed by atoms with van der Waals surface area (Å²) in [6.45, 7) is -0.00483. The Hall–Kier alpha value is -6.63. The third-order valence-electron chi connectivity index (χ3n) is 11.3. The molecule has 4 heterocycles. The maximum absolute atomic E-state index is 7.25. The lowest BCUT2D eigenvalue weighted by Gasteiger charge is -2.49. The van der Waals surface area contributed by atoms with Gasteiger partial charge in [0, 0.05) is 29.5 Å². The van der Waals surface area contributed by atoms with E-state index in [0.29, 0.717) is 0 Å². The fourth-order valence-corrected chi connectivity index (χ4v) is 14.5. The molecule has 0 fully saturated rings. The normalized spacial score (nSPS) is 14.2. The van der Waals surface area contributed by atoms with Crippen LogP contribution in [0.1, 0.15) is 0 Å². The van der Waals surface area contributed by atoms with Crippen molar-refractivity contribution < 1.29 is 4.74 Å². The molecular formula is C47H32BN3OSi. The van der Waals surface area contributed by atoms with Crippen LogP contribution in [0, 0.1) is 0 Å². The molecule has 3 aliphatic rings. The first-order valence-corrected chi connectivity index (χ1v) is 20.2. The zero-order chi connectivity index (χ0) is 34.9.